The number of thiophene rings is 1. The lowest BCUT2D eigenvalue weighted by atomic mass is 9.93. The molecule has 0 bridgehead atoms. The molecule has 2 aromatic carbocycles. The molecule has 1 aromatic heterocycles. The topological polar surface area (TPSA) is 76.1 Å². The minimum atomic E-state index is -0.748. The molecule has 176 valence electrons. The van der Waals surface area contributed by atoms with Crippen molar-refractivity contribution in [3.8, 4) is 11.5 Å². The number of ether oxygens (including phenoxy) is 2. The average molecular weight is 478 g/mol. The summed E-state index contributed by atoms with van der Waals surface area (Å²) in [6.07, 6.45) is 0. The van der Waals surface area contributed by atoms with Gasteiger partial charge in [0.25, 0.3) is 11.7 Å². The Morgan fingerprint density at radius 1 is 1.06 bits per heavy atom. The van der Waals surface area contributed by atoms with Gasteiger partial charge in [0, 0.05) is 10.4 Å². The molecule has 0 spiro atoms. The summed E-state index contributed by atoms with van der Waals surface area (Å²) in [5.41, 5.74) is 2.12. The van der Waals surface area contributed by atoms with Gasteiger partial charge < -0.3 is 19.5 Å². The highest BCUT2D eigenvalue weighted by atomic mass is 32.1. The first-order valence-electron chi connectivity index (χ1n) is 11.0. The molecule has 34 heavy (non-hydrogen) atoms. The van der Waals surface area contributed by atoms with Gasteiger partial charge in [0.2, 0.25) is 0 Å². The van der Waals surface area contributed by atoms with Crippen LogP contribution < -0.4 is 9.47 Å². The van der Waals surface area contributed by atoms with Crippen LogP contribution in [-0.2, 0) is 16.1 Å². The Bertz CT molecular complexity index is 1250. The standard InChI is InChI=1S/C27H27NO5S/c1-16(2)21-14-18(10-11-22(21)33-4)25(29)23-24(17-7-5-8-19(13-17)32-3)28(27(31)26(23)30)15-20-9-6-12-34-20/h5-14,16,24,29H,15H2,1-4H3/b25-23-. The summed E-state index contributed by atoms with van der Waals surface area (Å²) < 4.78 is 10.8. The number of nitrogens with zero attached hydrogens (tertiary/aromatic N) is 1. The average Bonchev–Trinajstić information content (AvgIpc) is 3.45. The minimum Gasteiger partial charge on any atom is -0.507 e. The van der Waals surface area contributed by atoms with Crippen LogP contribution >= 0.6 is 11.3 Å². The number of carbonyl (C=O) groups is 2. The summed E-state index contributed by atoms with van der Waals surface area (Å²) in [6, 6.07) is 15.6. The Morgan fingerprint density at radius 3 is 2.50 bits per heavy atom. The molecule has 1 fully saturated rings. The van der Waals surface area contributed by atoms with E-state index in [1.54, 1.807) is 38.5 Å². The Kier molecular flexibility index (Phi) is 6.75. The maximum atomic E-state index is 13.3. The zero-order valence-electron chi connectivity index (χ0n) is 19.6. The van der Waals surface area contributed by atoms with E-state index >= 15 is 0 Å². The molecule has 7 heteroatoms. The van der Waals surface area contributed by atoms with E-state index in [0.29, 0.717) is 22.6 Å². The number of hydrogen-bond donors (Lipinski definition) is 1. The Labute approximate surface area is 203 Å². The Morgan fingerprint density at radius 2 is 1.85 bits per heavy atom. The number of benzene rings is 2. The summed E-state index contributed by atoms with van der Waals surface area (Å²) in [6.45, 7) is 4.32. The quantitative estimate of drug-likeness (QED) is 0.276. The number of hydrogen-bond acceptors (Lipinski definition) is 6. The zero-order chi connectivity index (χ0) is 24.4. The van der Waals surface area contributed by atoms with Crippen molar-refractivity contribution in [2.24, 2.45) is 0 Å². The van der Waals surface area contributed by atoms with Crippen LogP contribution in [-0.4, -0.2) is 35.9 Å². The summed E-state index contributed by atoms with van der Waals surface area (Å²) in [5.74, 6) is -0.105. The predicted octanol–water partition coefficient (Wildman–Crippen LogP) is 5.51. The first-order valence-corrected chi connectivity index (χ1v) is 11.9. The van der Waals surface area contributed by atoms with Crippen LogP contribution in [0.1, 0.15) is 47.4 Å². The molecule has 6 nitrogen and oxygen atoms in total. The third-order valence-corrected chi connectivity index (χ3v) is 6.84. The number of likely N-dealkylation sites (tertiary alicyclic amines) is 1. The number of amides is 1. The lowest BCUT2D eigenvalue weighted by molar-refractivity contribution is -0.140. The van der Waals surface area contributed by atoms with Crippen molar-refractivity contribution >= 4 is 28.8 Å². The SMILES string of the molecule is COc1cccc(C2/C(=C(/O)c3ccc(OC)c(C(C)C)c3)C(=O)C(=O)N2Cc2cccs2)c1. The van der Waals surface area contributed by atoms with E-state index < -0.39 is 17.7 Å². The molecular formula is C27H27NO5S. The van der Waals surface area contributed by atoms with Gasteiger partial charge in [-0.2, -0.15) is 0 Å². The van der Waals surface area contributed by atoms with Crippen molar-refractivity contribution < 1.29 is 24.2 Å². The highest BCUT2D eigenvalue weighted by Crippen LogP contribution is 2.42. The fourth-order valence-electron chi connectivity index (χ4n) is 4.26. The molecule has 0 radical (unpaired) electrons. The number of Topliss-reactive ketones (excluding diaryl/α,β-unsaturated/α-hetero) is 1. The smallest absolute Gasteiger partial charge is 0.295 e. The second kappa shape index (κ2) is 9.73. The van der Waals surface area contributed by atoms with E-state index in [1.807, 2.05) is 49.6 Å². The van der Waals surface area contributed by atoms with Crippen LogP contribution in [0.15, 0.2) is 65.6 Å². The van der Waals surface area contributed by atoms with Crippen LogP contribution in [0.3, 0.4) is 0 Å². The molecule has 1 aliphatic heterocycles. The normalized spacial score (nSPS) is 17.4. The van der Waals surface area contributed by atoms with Crippen LogP contribution in [0.2, 0.25) is 0 Å². The van der Waals surface area contributed by atoms with Gasteiger partial charge in [0.05, 0.1) is 32.4 Å². The summed E-state index contributed by atoms with van der Waals surface area (Å²) in [7, 11) is 3.16. The number of carbonyl (C=O) groups excluding carboxylic acids is 2. The van der Waals surface area contributed by atoms with Gasteiger partial charge in [-0.1, -0.05) is 32.0 Å². The highest BCUT2D eigenvalue weighted by molar-refractivity contribution is 7.09. The first-order chi connectivity index (χ1) is 16.3. The lowest BCUT2D eigenvalue weighted by Crippen LogP contribution is -2.28. The predicted molar refractivity (Wildman–Crippen MR) is 132 cm³/mol. The third-order valence-electron chi connectivity index (χ3n) is 5.98. The number of rotatable bonds is 7. The van der Waals surface area contributed by atoms with Gasteiger partial charge in [0.15, 0.2) is 0 Å². The van der Waals surface area contributed by atoms with Crippen molar-refractivity contribution in [3.63, 3.8) is 0 Å². The summed E-state index contributed by atoms with van der Waals surface area (Å²) >= 11 is 1.51. The highest BCUT2D eigenvalue weighted by Gasteiger charge is 2.46. The zero-order valence-corrected chi connectivity index (χ0v) is 20.4. The number of aliphatic hydroxyl groups is 1. The van der Waals surface area contributed by atoms with Crippen LogP contribution in [0.25, 0.3) is 5.76 Å². The molecule has 1 N–H and O–H groups in total. The number of aliphatic hydroxyl groups excluding tert-OH is 1. The van der Waals surface area contributed by atoms with Gasteiger partial charge in [0.1, 0.15) is 17.3 Å². The van der Waals surface area contributed by atoms with Crippen LogP contribution in [0.4, 0.5) is 0 Å². The lowest BCUT2D eigenvalue weighted by Gasteiger charge is -2.25. The maximum absolute atomic E-state index is 13.3. The van der Waals surface area contributed by atoms with E-state index in [-0.39, 0.29) is 23.8 Å². The molecule has 1 amide bonds. The van der Waals surface area contributed by atoms with Crippen molar-refractivity contribution in [1.29, 1.82) is 0 Å². The van der Waals surface area contributed by atoms with Crippen molar-refractivity contribution in [2.45, 2.75) is 32.4 Å². The van der Waals surface area contributed by atoms with Crippen molar-refractivity contribution in [2.75, 3.05) is 14.2 Å². The molecule has 0 aliphatic carbocycles. The molecule has 2 heterocycles. The Hall–Kier alpha value is -3.58. The summed E-state index contributed by atoms with van der Waals surface area (Å²) in [5, 5.41) is 13.3. The van der Waals surface area contributed by atoms with E-state index in [2.05, 4.69) is 0 Å². The largest absolute Gasteiger partial charge is 0.507 e. The van der Waals surface area contributed by atoms with Crippen molar-refractivity contribution in [1.82, 2.24) is 4.90 Å². The third kappa shape index (κ3) is 4.31. The van der Waals surface area contributed by atoms with Crippen LogP contribution in [0, 0.1) is 0 Å². The van der Waals surface area contributed by atoms with E-state index in [4.69, 9.17) is 9.47 Å². The molecule has 0 saturated carbocycles. The molecule has 3 aromatic rings. The van der Waals surface area contributed by atoms with Gasteiger partial charge >= 0.3 is 0 Å². The molecule has 1 aliphatic rings. The second-order valence-corrected chi connectivity index (χ2v) is 9.43. The summed E-state index contributed by atoms with van der Waals surface area (Å²) in [4.78, 5) is 28.9. The van der Waals surface area contributed by atoms with E-state index in [1.165, 1.54) is 16.2 Å². The number of ketones is 1. The van der Waals surface area contributed by atoms with Gasteiger partial charge in [-0.05, 0) is 58.8 Å². The van der Waals surface area contributed by atoms with Crippen molar-refractivity contribution in [3.05, 3.63) is 87.1 Å². The van der Waals surface area contributed by atoms with E-state index in [9.17, 15) is 14.7 Å². The monoisotopic (exact) mass is 477 g/mol. The fourth-order valence-corrected chi connectivity index (χ4v) is 4.96. The Balaban J connectivity index is 1.89. The van der Waals surface area contributed by atoms with Crippen LogP contribution in [0.5, 0.6) is 11.5 Å². The number of methoxy groups -OCH3 is 2. The first kappa shape index (κ1) is 23.6. The molecule has 1 unspecified atom stereocenters. The maximum Gasteiger partial charge on any atom is 0.295 e. The van der Waals surface area contributed by atoms with Gasteiger partial charge in [-0.15, -0.1) is 11.3 Å². The molecule has 1 atom stereocenters. The van der Waals surface area contributed by atoms with Gasteiger partial charge in [-0.3, -0.25) is 9.59 Å². The van der Waals surface area contributed by atoms with Gasteiger partial charge in [-0.25, -0.2) is 0 Å². The molecule has 4 rings (SSSR count). The minimum absolute atomic E-state index is 0.0645. The second-order valence-electron chi connectivity index (χ2n) is 8.39. The molecular weight excluding hydrogens is 450 g/mol. The molecule has 1 saturated heterocycles. The fraction of sp³-hybridized carbons (Fsp3) is 0.259. The van der Waals surface area contributed by atoms with E-state index in [0.717, 1.165) is 10.4 Å².